The summed E-state index contributed by atoms with van der Waals surface area (Å²) in [4.78, 5) is 0. The molecule has 4 aliphatic rings. The smallest absolute Gasteiger partial charge is 0.353 e. The van der Waals surface area contributed by atoms with E-state index >= 15 is 0 Å². The molecule has 3 N–H and O–H groups in total. The van der Waals surface area contributed by atoms with Crippen LogP contribution in [-0.4, -0.2) is 11.7 Å². The molecule has 4 fully saturated rings. The maximum absolute atomic E-state index is 13.1. The third-order valence-corrected chi connectivity index (χ3v) is 4.78. The van der Waals surface area contributed by atoms with Gasteiger partial charge in [-0.1, -0.05) is 0 Å². The Morgan fingerprint density at radius 3 is 1.93 bits per heavy atom. The first-order valence-electron chi connectivity index (χ1n) is 5.74. The molecule has 0 saturated heterocycles. The van der Waals surface area contributed by atoms with Gasteiger partial charge in [0.25, 0.3) is 0 Å². The second-order valence-corrected chi connectivity index (χ2v) is 6.24. The summed E-state index contributed by atoms with van der Waals surface area (Å²) in [5.74, 6) is 0.593. The number of halogens is 3. The first-order valence-corrected chi connectivity index (χ1v) is 5.74. The highest BCUT2D eigenvalue weighted by molar-refractivity contribution is 5.10. The van der Waals surface area contributed by atoms with Crippen LogP contribution in [-0.2, 0) is 0 Å². The van der Waals surface area contributed by atoms with Gasteiger partial charge in [-0.25, -0.2) is 0 Å². The number of hydrogen-bond donors (Lipinski definition) is 1. The van der Waals surface area contributed by atoms with Crippen LogP contribution in [0.4, 0.5) is 13.2 Å². The van der Waals surface area contributed by atoms with Crippen LogP contribution in [0.25, 0.3) is 0 Å². The highest BCUT2D eigenvalue weighted by Crippen LogP contribution is 2.65. The van der Waals surface area contributed by atoms with Crippen LogP contribution in [0.1, 0.15) is 38.5 Å². The number of rotatable bonds is 0. The van der Waals surface area contributed by atoms with Gasteiger partial charge in [-0.05, 0) is 31.1 Å². The Hall–Kier alpha value is -0.250. The van der Waals surface area contributed by atoms with Crippen LogP contribution in [0, 0.1) is 17.3 Å². The van der Waals surface area contributed by atoms with E-state index in [0.717, 1.165) is 19.3 Å². The number of alkyl halides is 3. The van der Waals surface area contributed by atoms with Crippen molar-refractivity contribution < 1.29 is 18.9 Å². The molecule has 4 saturated carbocycles. The van der Waals surface area contributed by atoms with Crippen molar-refractivity contribution in [3.05, 3.63) is 0 Å². The lowest BCUT2D eigenvalue weighted by Gasteiger charge is -2.59. The first-order chi connectivity index (χ1) is 6.82. The van der Waals surface area contributed by atoms with Gasteiger partial charge in [0.2, 0.25) is 0 Å². The summed E-state index contributed by atoms with van der Waals surface area (Å²) >= 11 is 0. The van der Waals surface area contributed by atoms with Crippen molar-refractivity contribution in [1.82, 2.24) is 0 Å². The molecule has 0 aromatic rings. The molecule has 0 amide bonds. The molecule has 4 heteroatoms. The van der Waals surface area contributed by atoms with Crippen LogP contribution < -0.4 is 5.73 Å². The minimum Gasteiger partial charge on any atom is -0.353 e. The highest BCUT2D eigenvalue weighted by atomic mass is 19.4. The Morgan fingerprint density at radius 1 is 1.00 bits per heavy atom. The van der Waals surface area contributed by atoms with Crippen LogP contribution >= 0.6 is 0 Å². The normalized spacial score (nSPS) is 53.6. The minimum atomic E-state index is -4.01. The van der Waals surface area contributed by atoms with Crippen molar-refractivity contribution in [1.29, 1.82) is 0 Å². The summed E-state index contributed by atoms with van der Waals surface area (Å²) in [6.07, 6.45) is -0.0729. The fourth-order valence-corrected chi connectivity index (χ4v) is 4.78. The Morgan fingerprint density at radius 2 is 1.53 bits per heavy atom. The van der Waals surface area contributed by atoms with Crippen molar-refractivity contribution in [2.45, 2.75) is 50.2 Å². The molecule has 15 heavy (non-hydrogen) atoms. The molecule has 4 rings (SSSR count). The summed E-state index contributed by atoms with van der Waals surface area (Å²) in [7, 11) is 0. The zero-order valence-electron chi connectivity index (χ0n) is 8.74. The zero-order chi connectivity index (χ0) is 10.9. The minimum absolute atomic E-state index is 0.250. The van der Waals surface area contributed by atoms with Crippen molar-refractivity contribution in [3.63, 3.8) is 0 Å². The Balaban J connectivity index is 2.00. The summed E-state index contributed by atoms with van der Waals surface area (Å²) in [6, 6.07) is 0. The van der Waals surface area contributed by atoms with Gasteiger partial charge in [0, 0.05) is 19.3 Å². The lowest BCUT2D eigenvalue weighted by molar-refractivity contribution is -0.518. The van der Waals surface area contributed by atoms with Gasteiger partial charge in [0.15, 0.2) is 0 Å². The molecular weight excluding hydrogens is 203 g/mol. The maximum Gasteiger partial charge on any atom is 0.394 e. The lowest BCUT2D eigenvalue weighted by atomic mass is 9.47. The number of hydrogen-bond acceptors (Lipinski definition) is 0. The summed E-state index contributed by atoms with van der Waals surface area (Å²) in [5, 5.41) is 0. The van der Waals surface area contributed by atoms with Gasteiger partial charge in [-0.2, -0.15) is 13.2 Å². The average Bonchev–Trinajstić information content (AvgIpc) is 1.95. The van der Waals surface area contributed by atoms with Crippen molar-refractivity contribution in [2.24, 2.45) is 17.3 Å². The SMILES string of the molecule is [NH3+]C12CC3CC(C1)CC(C(F)(F)F)(C3)C2. The molecule has 1 nitrogen and oxygen atoms in total. The van der Waals surface area contributed by atoms with E-state index in [2.05, 4.69) is 5.73 Å². The van der Waals surface area contributed by atoms with Gasteiger partial charge in [0.1, 0.15) is 0 Å². The van der Waals surface area contributed by atoms with Crippen molar-refractivity contribution >= 4 is 0 Å². The van der Waals surface area contributed by atoms with Crippen molar-refractivity contribution in [3.8, 4) is 0 Å². The van der Waals surface area contributed by atoms with Crippen molar-refractivity contribution in [2.75, 3.05) is 0 Å². The fourth-order valence-electron chi connectivity index (χ4n) is 4.78. The van der Waals surface area contributed by atoms with E-state index in [1.54, 1.807) is 0 Å². The molecule has 0 aliphatic heterocycles. The standard InChI is InChI=1S/C11H16F3N/c12-11(13,14)9-2-7-1-8(3-9)5-10(15,4-7)6-9/h7-8H,1-6,15H2/p+1. The molecule has 4 aliphatic carbocycles. The molecule has 86 valence electrons. The Kier molecular flexibility index (Phi) is 1.67. The molecule has 0 aromatic carbocycles. The van der Waals surface area contributed by atoms with Gasteiger partial charge in [-0.3, -0.25) is 0 Å². The van der Waals surface area contributed by atoms with Gasteiger partial charge < -0.3 is 5.73 Å². The molecule has 0 radical (unpaired) electrons. The molecular formula is C11H17F3N+. The van der Waals surface area contributed by atoms with E-state index in [0.29, 0.717) is 24.7 Å². The Labute approximate surface area is 87.2 Å². The van der Waals surface area contributed by atoms with E-state index in [1.165, 1.54) is 0 Å². The topological polar surface area (TPSA) is 27.6 Å². The van der Waals surface area contributed by atoms with Gasteiger partial charge in [0.05, 0.1) is 11.0 Å². The third-order valence-electron chi connectivity index (χ3n) is 4.78. The average molecular weight is 220 g/mol. The van der Waals surface area contributed by atoms with Crippen LogP contribution in [0.15, 0.2) is 0 Å². The largest absolute Gasteiger partial charge is 0.394 e. The molecule has 2 unspecified atom stereocenters. The van der Waals surface area contributed by atoms with E-state index in [-0.39, 0.29) is 12.0 Å². The molecule has 0 aromatic heterocycles. The second kappa shape index (κ2) is 2.53. The number of quaternary nitrogens is 1. The third kappa shape index (κ3) is 1.26. The van der Waals surface area contributed by atoms with Gasteiger partial charge >= 0.3 is 6.18 Å². The zero-order valence-corrected chi connectivity index (χ0v) is 8.74. The fraction of sp³-hybridized carbons (Fsp3) is 1.00. The van der Waals surface area contributed by atoms with E-state index in [1.807, 2.05) is 0 Å². The summed E-state index contributed by atoms with van der Waals surface area (Å²) < 4.78 is 39.4. The van der Waals surface area contributed by atoms with E-state index in [4.69, 9.17) is 0 Å². The quantitative estimate of drug-likeness (QED) is 0.647. The van der Waals surface area contributed by atoms with E-state index < -0.39 is 11.6 Å². The monoisotopic (exact) mass is 220 g/mol. The predicted octanol–water partition coefficient (Wildman–Crippen LogP) is 2.13. The maximum atomic E-state index is 13.1. The lowest BCUT2D eigenvalue weighted by Crippen LogP contribution is -2.80. The molecule has 0 spiro atoms. The molecule has 2 atom stereocenters. The summed E-state index contributed by atoms with van der Waals surface area (Å²) in [5.41, 5.74) is 2.48. The van der Waals surface area contributed by atoms with Gasteiger partial charge in [-0.15, -0.1) is 0 Å². The molecule has 4 bridgehead atoms. The molecule has 0 heterocycles. The van der Waals surface area contributed by atoms with Crippen LogP contribution in [0.2, 0.25) is 0 Å². The van der Waals surface area contributed by atoms with Crippen LogP contribution in [0.3, 0.4) is 0 Å². The Bertz CT molecular complexity index is 283. The first kappa shape index (κ1) is 9.94. The van der Waals surface area contributed by atoms with Crippen LogP contribution in [0.5, 0.6) is 0 Å². The summed E-state index contributed by atoms with van der Waals surface area (Å²) in [6.45, 7) is 0. The second-order valence-electron chi connectivity index (χ2n) is 6.24. The predicted molar refractivity (Wildman–Crippen MR) is 48.8 cm³/mol. The highest BCUT2D eigenvalue weighted by Gasteiger charge is 2.67. The van der Waals surface area contributed by atoms with E-state index in [9.17, 15) is 13.2 Å².